The van der Waals surface area contributed by atoms with Gasteiger partial charge in [-0.15, -0.1) is 0 Å². The molecule has 1 heteroatoms. The molecule has 0 saturated carbocycles. The number of anilines is 3. The molecule has 1 nitrogen and oxygen atoms in total. The Morgan fingerprint density at radius 2 is 0.608 bits per heavy atom. The first-order chi connectivity index (χ1) is 39.2. The van der Waals surface area contributed by atoms with Crippen LogP contribution in [0.1, 0.15) is 44.5 Å². The van der Waals surface area contributed by atoms with E-state index >= 15 is 0 Å². The van der Waals surface area contributed by atoms with Crippen LogP contribution in [0, 0.1) is 0 Å². The third-order valence-corrected chi connectivity index (χ3v) is 17.0. The van der Waals surface area contributed by atoms with Crippen LogP contribution in [-0.2, 0) is 10.8 Å². The van der Waals surface area contributed by atoms with E-state index < -0.39 is 10.8 Å². The maximum Gasteiger partial charge on any atom is 0.0714 e. The van der Waals surface area contributed by atoms with Gasteiger partial charge in [-0.25, -0.2) is 0 Å². The van der Waals surface area contributed by atoms with Crippen molar-refractivity contribution >= 4 is 27.8 Å². The summed E-state index contributed by atoms with van der Waals surface area (Å²) in [5.41, 5.74) is 24.6. The zero-order valence-corrected chi connectivity index (χ0v) is 43.5. The molecule has 0 saturated heterocycles. The molecule has 0 N–H and O–H groups in total. The molecule has 0 spiro atoms. The minimum Gasteiger partial charge on any atom is -0.310 e. The monoisotopic (exact) mass is 1000 g/mol. The third-order valence-electron chi connectivity index (χ3n) is 17.0. The summed E-state index contributed by atoms with van der Waals surface area (Å²) >= 11 is 0. The van der Waals surface area contributed by atoms with Crippen molar-refractivity contribution in [2.24, 2.45) is 0 Å². The molecule has 13 aromatic rings. The van der Waals surface area contributed by atoms with Crippen molar-refractivity contribution in [3.8, 4) is 55.6 Å². The van der Waals surface area contributed by atoms with Gasteiger partial charge in [0.1, 0.15) is 0 Å². The second-order valence-electron chi connectivity index (χ2n) is 21.1. The Morgan fingerprint density at radius 3 is 1.22 bits per heavy atom. The van der Waals surface area contributed by atoms with Gasteiger partial charge in [0.15, 0.2) is 0 Å². The van der Waals surface area contributed by atoms with Gasteiger partial charge in [-0.1, -0.05) is 273 Å². The van der Waals surface area contributed by atoms with Gasteiger partial charge in [-0.3, -0.25) is 0 Å². The highest BCUT2D eigenvalue weighted by atomic mass is 15.1. The van der Waals surface area contributed by atoms with E-state index in [0.29, 0.717) is 0 Å². The van der Waals surface area contributed by atoms with Crippen LogP contribution in [0.4, 0.5) is 17.1 Å². The van der Waals surface area contributed by atoms with Crippen molar-refractivity contribution in [3.05, 3.63) is 366 Å². The van der Waals surface area contributed by atoms with Crippen molar-refractivity contribution < 1.29 is 0 Å². The molecule has 0 fully saturated rings. The highest BCUT2D eigenvalue weighted by Crippen LogP contribution is 2.60. The molecule has 2 aliphatic carbocycles. The molecule has 0 radical (unpaired) electrons. The van der Waals surface area contributed by atoms with Crippen LogP contribution in [-0.4, -0.2) is 0 Å². The Kier molecular flexibility index (Phi) is 11.1. The smallest absolute Gasteiger partial charge is 0.0714 e. The lowest BCUT2D eigenvalue weighted by molar-refractivity contribution is 0.768. The molecular formula is C78H53N. The van der Waals surface area contributed by atoms with Crippen molar-refractivity contribution in [1.29, 1.82) is 0 Å². The second-order valence-corrected chi connectivity index (χ2v) is 21.1. The van der Waals surface area contributed by atoms with Crippen LogP contribution in [0.3, 0.4) is 0 Å². The second kappa shape index (κ2) is 18.9. The quantitative estimate of drug-likeness (QED) is 0.132. The van der Waals surface area contributed by atoms with E-state index in [2.05, 4.69) is 326 Å². The summed E-state index contributed by atoms with van der Waals surface area (Å²) in [4.78, 5) is 2.45. The van der Waals surface area contributed by atoms with Gasteiger partial charge < -0.3 is 4.90 Å². The number of nitrogens with zero attached hydrogens (tertiary/aromatic N) is 1. The highest BCUT2D eigenvalue weighted by Gasteiger charge is 2.48. The van der Waals surface area contributed by atoms with Crippen LogP contribution in [0.2, 0.25) is 0 Å². The van der Waals surface area contributed by atoms with Gasteiger partial charge in [0.25, 0.3) is 0 Å². The summed E-state index contributed by atoms with van der Waals surface area (Å²) in [7, 11) is 0. The minimum absolute atomic E-state index is 0.479. The van der Waals surface area contributed by atoms with E-state index in [1.165, 1.54) is 111 Å². The first-order valence-electron chi connectivity index (χ1n) is 27.5. The highest BCUT2D eigenvalue weighted by molar-refractivity contribution is 5.97. The Labute approximate surface area is 462 Å². The zero-order chi connectivity index (χ0) is 52.3. The average Bonchev–Trinajstić information content (AvgIpc) is 3.35. The van der Waals surface area contributed by atoms with Gasteiger partial charge >= 0.3 is 0 Å². The fourth-order valence-corrected chi connectivity index (χ4v) is 13.6. The first kappa shape index (κ1) is 46.2. The first-order valence-corrected chi connectivity index (χ1v) is 27.5. The normalized spacial score (nSPS) is 13.3. The molecule has 15 rings (SSSR count). The van der Waals surface area contributed by atoms with E-state index in [-0.39, 0.29) is 0 Å². The molecule has 0 heterocycles. The van der Waals surface area contributed by atoms with E-state index in [9.17, 15) is 0 Å². The zero-order valence-electron chi connectivity index (χ0n) is 43.5. The van der Waals surface area contributed by atoms with Crippen molar-refractivity contribution in [2.45, 2.75) is 10.8 Å². The topological polar surface area (TPSA) is 3.24 Å². The van der Waals surface area contributed by atoms with E-state index in [1.807, 2.05) is 0 Å². The lowest BCUT2D eigenvalue weighted by Gasteiger charge is -2.35. The van der Waals surface area contributed by atoms with E-state index in [4.69, 9.17) is 0 Å². The van der Waals surface area contributed by atoms with E-state index in [0.717, 1.165) is 17.1 Å². The summed E-state index contributed by atoms with van der Waals surface area (Å²) < 4.78 is 0. The lowest BCUT2D eigenvalue weighted by Crippen LogP contribution is -2.28. The van der Waals surface area contributed by atoms with Gasteiger partial charge in [-0.05, 0) is 159 Å². The number of hydrogen-bond acceptors (Lipinski definition) is 1. The Morgan fingerprint density at radius 1 is 0.203 bits per heavy atom. The lowest BCUT2D eigenvalue weighted by atomic mass is 9.67. The van der Waals surface area contributed by atoms with Gasteiger partial charge in [0.05, 0.1) is 10.8 Å². The Hall–Kier alpha value is -10.1. The predicted molar refractivity (Wildman–Crippen MR) is 330 cm³/mol. The minimum atomic E-state index is -0.543. The molecule has 0 aromatic heterocycles. The summed E-state index contributed by atoms with van der Waals surface area (Å²) in [6.45, 7) is 0. The summed E-state index contributed by atoms with van der Waals surface area (Å²) in [6.07, 6.45) is 0. The summed E-state index contributed by atoms with van der Waals surface area (Å²) in [5.74, 6) is 0. The van der Waals surface area contributed by atoms with Crippen molar-refractivity contribution in [1.82, 2.24) is 0 Å². The van der Waals surface area contributed by atoms with Crippen molar-refractivity contribution in [2.75, 3.05) is 4.90 Å². The van der Waals surface area contributed by atoms with E-state index in [1.54, 1.807) is 0 Å². The standard InChI is InChI=1S/C78H53N/c1-5-25-61(26-6-1)77(62-27-7-2-8-28-62)73-37-18-16-34-71(73)76-68(35-20-38-74(76)77)56-43-47-66(48-44-56)79(65-45-41-55(42-46-65)58-23-19-24-59(51-58)60-40-39-54-21-13-14-22-57(54)52-60)67-49-50-70-69-33-15-17-36-72(69)78(75(70)53-67,63-29-9-3-10-30-63)64-31-11-4-12-32-64/h1-53H. The molecule has 370 valence electrons. The largest absolute Gasteiger partial charge is 0.310 e. The number of benzene rings is 13. The maximum absolute atomic E-state index is 2.47. The predicted octanol–water partition coefficient (Wildman–Crippen LogP) is 20.0. The summed E-state index contributed by atoms with van der Waals surface area (Å²) in [5, 5.41) is 2.49. The third kappa shape index (κ3) is 7.31. The van der Waals surface area contributed by atoms with Gasteiger partial charge in [0, 0.05) is 17.1 Å². The molecule has 0 aliphatic heterocycles. The fraction of sp³-hybridized carbons (Fsp3) is 0.0256. The molecule has 13 aromatic carbocycles. The van der Waals surface area contributed by atoms with Gasteiger partial charge in [0.2, 0.25) is 0 Å². The Balaban J connectivity index is 0.888. The molecule has 0 atom stereocenters. The van der Waals surface area contributed by atoms with Crippen LogP contribution in [0.15, 0.2) is 322 Å². The SMILES string of the molecule is c1ccc(C2(c3ccccc3)c3ccccc3-c3ccc(N(c4ccc(-c5cccc(-c6ccc7ccccc7c6)c5)cc4)c4ccc(-c5cccc6c5-c5ccccc5C6(c5ccccc5)c5ccccc5)cc4)cc32)cc1. The molecule has 79 heavy (non-hydrogen) atoms. The summed E-state index contributed by atoms with van der Waals surface area (Å²) in [6, 6.07) is 119. The number of fused-ring (bicyclic) bond motifs is 7. The molecule has 0 unspecified atom stereocenters. The van der Waals surface area contributed by atoms with Gasteiger partial charge in [-0.2, -0.15) is 0 Å². The fourth-order valence-electron chi connectivity index (χ4n) is 13.6. The molecule has 0 amide bonds. The van der Waals surface area contributed by atoms with Crippen LogP contribution in [0.5, 0.6) is 0 Å². The molecule has 0 bridgehead atoms. The number of hydrogen-bond donors (Lipinski definition) is 0. The molecule has 2 aliphatic rings. The molecular weight excluding hydrogens is 951 g/mol. The maximum atomic E-state index is 2.47. The van der Waals surface area contributed by atoms with Crippen LogP contribution >= 0.6 is 0 Å². The van der Waals surface area contributed by atoms with Crippen LogP contribution in [0.25, 0.3) is 66.4 Å². The van der Waals surface area contributed by atoms with Crippen LogP contribution < -0.4 is 4.90 Å². The van der Waals surface area contributed by atoms with Crippen molar-refractivity contribution in [3.63, 3.8) is 0 Å². The Bertz CT molecular complexity index is 4310. The average molecular weight is 1000 g/mol. The number of rotatable bonds is 10.